The summed E-state index contributed by atoms with van der Waals surface area (Å²) in [6.45, 7) is 0. The van der Waals surface area contributed by atoms with Crippen molar-refractivity contribution in [2.24, 2.45) is 0 Å². The van der Waals surface area contributed by atoms with E-state index in [1.807, 2.05) is 0 Å². The molecule has 0 unspecified atom stereocenters. The van der Waals surface area contributed by atoms with Gasteiger partial charge in [-0.15, -0.1) is 0 Å². The molecule has 2 heterocycles. The summed E-state index contributed by atoms with van der Waals surface area (Å²) in [5.74, 6) is 0. The molecule has 346 valence electrons. The maximum atomic E-state index is 2.50. The van der Waals surface area contributed by atoms with Crippen LogP contribution < -0.4 is 10.4 Å². The van der Waals surface area contributed by atoms with Crippen LogP contribution in [0.15, 0.2) is 285 Å². The maximum Gasteiger partial charge on any atom is 0.0892 e. The first-order chi connectivity index (χ1) is 36.6. The lowest BCUT2D eigenvalue weighted by Gasteiger charge is -2.11. The third-order valence-electron chi connectivity index (χ3n) is 15.3. The molecule has 74 heavy (non-hydrogen) atoms. The summed E-state index contributed by atoms with van der Waals surface area (Å²) in [4.78, 5) is 0. The van der Waals surface area contributed by atoms with E-state index < -0.39 is 9.52 Å². The highest BCUT2D eigenvalue weighted by Gasteiger charge is 2.22. The van der Waals surface area contributed by atoms with Crippen molar-refractivity contribution in [2.75, 3.05) is 0 Å². The van der Waals surface area contributed by atoms with Crippen molar-refractivity contribution in [3.8, 4) is 106 Å². The van der Waals surface area contributed by atoms with Crippen LogP contribution in [0.2, 0.25) is 0 Å². The van der Waals surface area contributed by atoms with Gasteiger partial charge in [0.2, 0.25) is 0 Å². The van der Waals surface area contributed by atoms with Gasteiger partial charge in [0.05, 0.1) is 20.6 Å². The van der Waals surface area contributed by atoms with Gasteiger partial charge in [0.15, 0.2) is 0 Å². The lowest BCUT2D eigenvalue weighted by Crippen LogP contribution is -2.21. The third-order valence-corrected chi connectivity index (χ3v) is 17.2. The first kappa shape index (κ1) is 43.4. The molecule has 1 aliphatic heterocycles. The Morgan fingerprint density at radius 2 is 0.459 bits per heavy atom. The van der Waals surface area contributed by atoms with E-state index >= 15 is 0 Å². The molecular formula is C72H49NSi. The number of rotatable bonds is 9. The average Bonchev–Trinajstić information content (AvgIpc) is 4.02. The van der Waals surface area contributed by atoms with Crippen molar-refractivity contribution in [2.45, 2.75) is 0 Å². The summed E-state index contributed by atoms with van der Waals surface area (Å²) in [7, 11) is -0.720. The fraction of sp³-hybridized carbons (Fsp3) is 0. The van der Waals surface area contributed by atoms with Gasteiger partial charge in [-0.3, -0.25) is 0 Å². The fourth-order valence-electron chi connectivity index (χ4n) is 11.3. The van der Waals surface area contributed by atoms with E-state index in [9.17, 15) is 0 Å². The minimum absolute atomic E-state index is 0.720. The monoisotopic (exact) mass is 955 g/mol. The fourth-order valence-corrected chi connectivity index (χ4v) is 13.4. The predicted octanol–water partition coefficient (Wildman–Crippen LogP) is 17.2. The largest absolute Gasteiger partial charge is 0.309 e. The van der Waals surface area contributed by atoms with E-state index in [0.29, 0.717) is 0 Å². The molecule has 1 aliphatic rings. The van der Waals surface area contributed by atoms with Gasteiger partial charge in [0.1, 0.15) is 0 Å². The van der Waals surface area contributed by atoms with Crippen molar-refractivity contribution < 1.29 is 0 Å². The quantitative estimate of drug-likeness (QED) is 0.127. The summed E-state index contributed by atoms with van der Waals surface area (Å²) in [6, 6.07) is 105. The van der Waals surface area contributed by atoms with Crippen LogP contribution >= 0.6 is 0 Å². The van der Waals surface area contributed by atoms with E-state index in [1.54, 1.807) is 0 Å². The molecule has 0 atom stereocenters. The summed E-state index contributed by atoms with van der Waals surface area (Å²) >= 11 is 0. The summed E-state index contributed by atoms with van der Waals surface area (Å²) in [6.07, 6.45) is 0. The molecule has 2 heteroatoms. The van der Waals surface area contributed by atoms with E-state index in [0.717, 1.165) is 0 Å². The third kappa shape index (κ3) is 7.99. The van der Waals surface area contributed by atoms with Crippen LogP contribution in [0.3, 0.4) is 0 Å². The second-order valence-corrected chi connectivity index (χ2v) is 21.6. The number of hydrogen-bond donors (Lipinski definition) is 0. The Morgan fingerprint density at radius 3 is 0.811 bits per heavy atom. The van der Waals surface area contributed by atoms with E-state index in [2.05, 4.69) is 290 Å². The number of aromatic nitrogens is 1. The second kappa shape index (κ2) is 18.4. The maximum absolute atomic E-state index is 2.50. The molecule has 0 spiro atoms. The van der Waals surface area contributed by atoms with Crippen LogP contribution in [-0.4, -0.2) is 14.1 Å². The highest BCUT2D eigenvalue weighted by Crippen LogP contribution is 2.39. The van der Waals surface area contributed by atoms with Gasteiger partial charge in [0.25, 0.3) is 0 Å². The van der Waals surface area contributed by atoms with Crippen molar-refractivity contribution in [3.63, 3.8) is 0 Å². The molecule has 13 aromatic rings. The van der Waals surface area contributed by atoms with Crippen LogP contribution in [-0.2, 0) is 0 Å². The zero-order chi connectivity index (χ0) is 49.0. The van der Waals surface area contributed by atoms with Gasteiger partial charge in [-0.1, -0.05) is 259 Å². The Hall–Kier alpha value is -9.34. The summed E-state index contributed by atoms with van der Waals surface area (Å²) in [5, 5.41) is 5.52. The first-order valence-electron chi connectivity index (χ1n) is 25.7. The Bertz CT molecular complexity index is 3990. The molecule has 14 rings (SSSR count). The summed E-state index contributed by atoms with van der Waals surface area (Å²) < 4.78 is 2.50. The Labute approximate surface area is 434 Å². The van der Waals surface area contributed by atoms with Gasteiger partial charge in [-0.2, -0.15) is 0 Å². The number of fused-ring (bicyclic) bond motifs is 6. The van der Waals surface area contributed by atoms with Gasteiger partial charge >= 0.3 is 0 Å². The number of nitrogens with zero attached hydrogens (tertiary/aromatic N) is 1. The number of hydrogen-bond acceptors (Lipinski definition) is 0. The van der Waals surface area contributed by atoms with Crippen LogP contribution in [0.1, 0.15) is 0 Å². The van der Waals surface area contributed by atoms with E-state index in [-0.39, 0.29) is 0 Å². The molecule has 0 bridgehead atoms. The lowest BCUT2D eigenvalue weighted by molar-refractivity contribution is 1.18. The zero-order valence-electron chi connectivity index (χ0n) is 40.8. The van der Waals surface area contributed by atoms with Crippen LogP contribution in [0.5, 0.6) is 0 Å². The van der Waals surface area contributed by atoms with Gasteiger partial charge in [-0.25, -0.2) is 0 Å². The van der Waals surface area contributed by atoms with Gasteiger partial charge in [0, 0.05) is 16.5 Å². The van der Waals surface area contributed by atoms with Crippen molar-refractivity contribution in [1.82, 2.24) is 4.57 Å². The molecule has 1 aromatic heterocycles. The van der Waals surface area contributed by atoms with E-state index in [1.165, 1.54) is 138 Å². The number of benzene rings is 12. The predicted molar refractivity (Wildman–Crippen MR) is 318 cm³/mol. The SMILES string of the molecule is c1ccc(-c2ccc(-c3ccc(-c4ccc5c(c4)c4cc(-c6ccc(-c7ccc(-c8ccccc8)cc7)cc6)ccc4n5-c4ccc5c(c4)[SiH2]c4cc(-c6ccc(-c7ccccc7)cc6)ccc4-5)cc3)cc2)cc1. The molecule has 0 aliphatic carbocycles. The molecule has 0 radical (unpaired) electrons. The molecule has 0 fully saturated rings. The van der Waals surface area contributed by atoms with Gasteiger partial charge < -0.3 is 4.57 Å². The standard InChI is InChI=1S/C72H49NSi/c1-4-10-48(11-5-1)51-16-20-54(21-17-51)56-26-30-58(31-27-56)61-37-42-69-67(44-61)68-45-62(59-32-28-57(29-33-59)55-22-18-52(19-23-55)49-12-6-2-7-13-49)38-43-70(68)73(69)64-39-41-66-65-40-36-63(46-71(65)74-72(66)47-64)60-34-24-53(25-35-60)50-14-8-3-9-15-50/h1-47H,74H2. The van der Waals surface area contributed by atoms with E-state index in [4.69, 9.17) is 0 Å². The van der Waals surface area contributed by atoms with Gasteiger partial charge in [-0.05, 0) is 137 Å². The lowest BCUT2D eigenvalue weighted by atomic mass is 9.96. The first-order valence-corrected chi connectivity index (χ1v) is 27.1. The minimum atomic E-state index is -0.720. The zero-order valence-corrected chi connectivity index (χ0v) is 42.2. The molecule has 0 amide bonds. The van der Waals surface area contributed by atoms with Crippen LogP contribution in [0.4, 0.5) is 0 Å². The summed E-state index contributed by atoms with van der Waals surface area (Å²) in [5.41, 5.74) is 26.0. The molecular weight excluding hydrogens is 907 g/mol. The Balaban J connectivity index is 0.807. The topological polar surface area (TPSA) is 4.93 Å². The second-order valence-electron chi connectivity index (χ2n) is 19.7. The normalized spacial score (nSPS) is 12.1. The van der Waals surface area contributed by atoms with Crippen LogP contribution in [0, 0.1) is 0 Å². The van der Waals surface area contributed by atoms with Crippen LogP contribution in [0.25, 0.3) is 128 Å². The molecule has 0 saturated carbocycles. The van der Waals surface area contributed by atoms with Crippen molar-refractivity contribution >= 4 is 41.7 Å². The average molecular weight is 956 g/mol. The Morgan fingerprint density at radius 1 is 0.203 bits per heavy atom. The molecule has 0 saturated heterocycles. The Kier molecular flexibility index (Phi) is 10.8. The van der Waals surface area contributed by atoms with Crippen molar-refractivity contribution in [3.05, 3.63) is 285 Å². The van der Waals surface area contributed by atoms with Crippen molar-refractivity contribution in [1.29, 1.82) is 0 Å². The molecule has 12 aromatic carbocycles. The highest BCUT2D eigenvalue weighted by molar-refractivity contribution is 6.73. The minimum Gasteiger partial charge on any atom is -0.309 e. The smallest absolute Gasteiger partial charge is 0.0892 e. The molecule has 0 N–H and O–H groups in total. The highest BCUT2D eigenvalue weighted by atomic mass is 28.2. The molecule has 1 nitrogen and oxygen atoms in total.